The summed E-state index contributed by atoms with van der Waals surface area (Å²) in [5, 5.41) is 0. The zero-order valence-corrected chi connectivity index (χ0v) is 16.8. The smallest absolute Gasteiger partial charge is 0.269 e. The Hall–Kier alpha value is -2.54. The summed E-state index contributed by atoms with van der Waals surface area (Å²) in [7, 11) is 3.03. The van der Waals surface area contributed by atoms with Crippen molar-refractivity contribution in [1.82, 2.24) is 10.9 Å². The average molecular weight is 433 g/mol. The number of benzene rings is 2. The monoisotopic (exact) mass is 432 g/mol. The fourth-order valence-electron chi connectivity index (χ4n) is 3.23. The van der Waals surface area contributed by atoms with E-state index in [1.54, 1.807) is 18.2 Å². The number of halogens is 1. The average Bonchev–Trinajstić information content (AvgIpc) is 2.66. The zero-order valence-electron chi connectivity index (χ0n) is 15.2. The summed E-state index contributed by atoms with van der Waals surface area (Å²) in [5.41, 5.74) is 5.80. The molecule has 1 saturated carbocycles. The van der Waals surface area contributed by atoms with Crippen LogP contribution in [0.3, 0.4) is 0 Å². The Morgan fingerprint density at radius 2 is 1.63 bits per heavy atom. The van der Waals surface area contributed by atoms with E-state index < -0.39 is 11.3 Å². The quantitative estimate of drug-likeness (QED) is 0.710. The van der Waals surface area contributed by atoms with Gasteiger partial charge in [0.2, 0.25) is 5.91 Å². The maximum atomic E-state index is 12.8. The van der Waals surface area contributed by atoms with Crippen LogP contribution in [0.5, 0.6) is 11.5 Å². The number of carbonyl (C=O) groups is 2. The Morgan fingerprint density at radius 3 is 2.19 bits per heavy atom. The molecule has 0 bridgehead atoms. The van der Waals surface area contributed by atoms with E-state index >= 15 is 0 Å². The Balaban J connectivity index is 1.69. The molecule has 2 N–H and O–H groups in total. The first-order chi connectivity index (χ1) is 13.0. The lowest BCUT2D eigenvalue weighted by molar-refractivity contribution is -0.130. The van der Waals surface area contributed by atoms with Gasteiger partial charge in [-0.15, -0.1) is 0 Å². The van der Waals surface area contributed by atoms with Crippen LogP contribution in [-0.4, -0.2) is 26.0 Å². The van der Waals surface area contributed by atoms with Gasteiger partial charge in [-0.2, -0.15) is 0 Å². The van der Waals surface area contributed by atoms with E-state index in [1.165, 1.54) is 14.2 Å². The van der Waals surface area contributed by atoms with E-state index in [0.29, 0.717) is 17.1 Å². The molecule has 0 aromatic heterocycles. The van der Waals surface area contributed by atoms with Crippen LogP contribution >= 0.6 is 15.9 Å². The van der Waals surface area contributed by atoms with Crippen molar-refractivity contribution in [2.45, 2.75) is 24.7 Å². The Labute approximate surface area is 166 Å². The number of methoxy groups -OCH3 is 2. The van der Waals surface area contributed by atoms with E-state index in [1.807, 2.05) is 24.3 Å². The van der Waals surface area contributed by atoms with Gasteiger partial charge in [-0.25, -0.2) is 0 Å². The fraction of sp³-hybridized carbons (Fsp3) is 0.300. The zero-order chi connectivity index (χ0) is 19.4. The third kappa shape index (κ3) is 3.78. The summed E-state index contributed by atoms with van der Waals surface area (Å²) in [6.07, 6.45) is 2.49. The van der Waals surface area contributed by atoms with E-state index in [4.69, 9.17) is 9.47 Å². The molecule has 142 valence electrons. The van der Waals surface area contributed by atoms with Gasteiger partial charge in [0.05, 0.1) is 19.6 Å². The van der Waals surface area contributed by atoms with E-state index in [0.717, 1.165) is 29.3 Å². The van der Waals surface area contributed by atoms with Crippen molar-refractivity contribution in [1.29, 1.82) is 0 Å². The summed E-state index contributed by atoms with van der Waals surface area (Å²) in [5.74, 6) is 0.350. The van der Waals surface area contributed by atoms with Crippen LogP contribution in [0.4, 0.5) is 0 Å². The van der Waals surface area contributed by atoms with Crippen molar-refractivity contribution in [2.24, 2.45) is 0 Å². The molecule has 0 unspecified atom stereocenters. The predicted octanol–water partition coefficient (Wildman–Crippen LogP) is 3.35. The third-order valence-electron chi connectivity index (χ3n) is 4.97. The van der Waals surface area contributed by atoms with E-state index in [9.17, 15) is 9.59 Å². The molecule has 2 aromatic rings. The minimum Gasteiger partial charge on any atom is -0.493 e. The van der Waals surface area contributed by atoms with Gasteiger partial charge < -0.3 is 9.47 Å². The number of nitrogens with one attached hydrogen (secondary N) is 2. The maximum absolute atomic E-state index is 12.8. The number of rotatable bonds is 5. The van der Waals surface area contributed by atoms with Crippen LogP contribution < -0.4 is 20.3 Å². The molecular weight excluding hydrogens is 412 g/mol. The first-order valence-corrected chi connectivity index (χ1v) is 9.38. The van der Waals surface area contributed by atoms with Gasteiger partial charge in [-0.1, -0.05) is 34.5 Å². The van der Waals surface area contributed by atoms with Crippen LogP contribution in [0.15, 0.2) is 46.9 Å². The lowest BCUT2D eigenvalue weighted by Gasteiger charge is -2.40. The van der Waals surface area contributed by atoms with Gasteiger partial charge in [0.1, 0.15) is 0 Å². The van der Waals surface area contributed by atoms with Crippen LogP contribution in [0.2, 0.25) is 0 Å². The molecule has 0 atom stereocenters. The molecule has 0 spiro atoms. The highest BCUT2D eigenvalue weighted by Gasteiger charge is 2.45. The van der Waals surface area contributed by atoms with Gasteiger partial charge in [-0.05, 0) is 48.7 Å². The van der Waals surface area contributed by atoms with Gasteiger partial charge >= 0.3 is 0 Å². The normalized spacial score (nSPS) is 14.6. The molecule has 0 aliphatic heterocycles. The first-order valence-electron chi connectivity index (χ1n) is 8.59. The molecular formula is C20H21BrN2O4. The molecule has 7 heteroatoms. The fourth-order valence-corrected chi connectivity index (χ4v) is 3.49. The number of amides is 2. The number of hydrogen-bond donors (Lipinski definition) is 2. The highest BCUT2D eigenvalue weighted by molar-refractivity contribution is 9.10. The van der Waals surface area contributed by atoms with Crippen LogP contribution in [0.1, 0.15) is 35.2 Å². The van der Waals surface area contributed by atoms with Crippen molar-refractivity contribution in [3.63, 3.8) is 0 Å². The van der Waals surface area contributed by atoms with Crippen molar-refractivity contribution in [3.8, 4) is 11.5 Å². The molecule has 2 aromatic carbocycles. The maximum Gasteiger partial charge on any atom is 0.269 e. The van der Waals surface area contributed by atoms with Gasteiger partial charge in [0.15, 0.2) is 11.5 Å². The second-order valence-electron chi connectivity index (χ2n) is 6.42. The van der Waals surface area contributed by atoms with Crippen molar-refractivity contribution < 1.29 is 19.1 Å². The van der Waals surface area contributed by atoms with Crippen molar-refractivity contribution in [2.75, 3.05) is 14.2 Å². The second-order valence-corrected chi connectivity index (χ2v) is 7.34. The minimum absolute atomic E-state index is 0.204. The SMILES string of the molecule is COc1ccc(C(=O)NNC(=O)C2(c3ccc(Br)cc3)CCC2)cc1OC. The molecule has 3 rings (SSSR count). The summed E-state index contributed by atoms with van der Waals surface area (Å²) in [6, 6.07) is 12.5. The van der Waals surface area contributed by atoms with E-state index in [-0.39, 0.29) is 5.91 Å². The van der Waals surface area contributed by atoms with Crippen LogP contribution in [0.25, 0.3) is 0 Å². The summed E-state index contributed by atoms with van der Waals surface area (Å²) in [4.78, 5) is 25.2. The minimum atomic E-state index is -0.592. The van der Waals surface area contributed by atoms with Gasteiger partial charge in [0.25, 0.3) is 5.91 Å². The topological polar surface area (TPSA) is 76.7 Å². The second kappa shape index (κ2) is 8.00. The molecule has 0 radical (unpaired) electrons. The molecule has 0 heterocycles. The number of ether oxygens (including phenoxy) is 2. The summed E-state index contributed by atoms with van der Waals surface area (Å²) in [6.45, 7) is 0. The van der Waals surface area contributed by atoms with E-state index in [2.05, 4.69) is 26.8 Å². The predicted molar refractivity (Wildman–Crippen MR) is 105 cm³/mol. The Kier molecular flexibility index (Phi) is 5.70. The molecule has 0 saturated heterocycles. The highest BCUT2D eigenvalue weighted by Crippen LogP contribution is 2.44. The molecule has 6 nitrogen and oxygen atoms in total. The lowest BCUT2D eigenvalue weighted by atomic mass is 9.64. The van der Waals surface area contributed by atoms with Gasteiger partial charge in [-0.3, -0.25) is 20.4 Å². The lowest BCUT2D eigenvalue weighted by Crippen LogP contribution is -2.54. The Bertz CT molecular complexity index is 848. The highest BCUT2D eigenvalue weighted by atomic mass is 79.9. The first kappa shape index (κ1) is 19.2. The van der Waals surface area contributed by atoms with Gasteiger partial charge in [0, 0.05) is 10.0 Å². The third-order valence-corrected chi connectivity index (χ3v) is 5.50. The number of carbonyl (C=O) groups excluding carboxylic acids is 2. The van der Waals surface area contributed by atoms with Crippen molar-refractivity contribution >= 4 is 27.7 Å². The summed E-state index contributed by atoms with van der Waals surface area (Å²) >= 11 is 3.41. The number of hydrazine groups is 1. The molecule has 1 aliphatic carbocycles. The number of hydrogen-bond acceptors (Lipinski definition) is 4. The van der Waals surface area contributed by atoms with Crippen molar-refractivity contribution in [3.05, 3.63) is 58.1 Å². The molecule has 1 aliphatic rings. The summed E-state index contributed by atoms with van der Waals surface area (Å²) < 4.78 is 11.3. The standard InChI is InChI=1S/C20H21BrN2O4/c1-26-16-9-4-13(12-17(16)27-2)18(24)22-23-19(25)20(10-3-11-20)14-5-7-15(21)8-6-14/h4-9,12H,3,10-11H2,1-2H3,(H,22,24)(H,23,25). The largest absolute Gasteiger partial charge is 0.493 e. The molecule has 1 fully saturated rings. The Morgan fingerprint density at radius 1 is 0.963 bits per heavy atom. The molecule has 27 heavy (non-hydrogen) atoms. The molecule has 2 amide bonds. The van der Waals surface area contributed by atoms with Crippen LogP contribution in [0, 0.1) is 0 Å². The van der Waals surface area contributed by atoms with Crippen LogP contribution in [-0.2, 0) is 10.2 Å².